The third-order valence-electron chi connectivity index (χ3n) is 3.13. The van der Waals surface area contributed by atoms with Crippen LogP contribution in [0.5, 0.6) is 0 Å². The first kappa shape index (κ1) is 15.6. The van der Waals surface area contributed by atoms with Crippen LogP contribution in [-0.4, -0.2) is 21.8 Å². The number of aliphatic carboxylic acids is 1. The molecule has 1 aliphatic carbocycles. The minimum absolute atomic E-state index is 0.471. The van der Waals surface area contributed by atoms with Crippen LogP contribution in [-0.2, 0) is 4.79 Å². The summed E-state index contributed by atoms with van der Waals surface area (Å²) in [6.07, 6.45) is 0.471. The van der Waals surface area contributed by atoms with Gasteiger partial charge in [0.05, 0.1) is 11.5 Å². The van der Waals surface area contributed by atoms with Crippen molar-refractivity contribution in [3.05, 3.63) is 11.6 Å². The molecule has 1 N–H and O–H groups in total. The summed E-state index contributed by atoms with van der Waals surface area (Å²) in [4.78, 5) is 10.8. The van der Waals surface area contributed by atoms with Crippen LogP contribution in [0.4, 0.5) is 17.6 Å². The Kier molecular flexibility index (Phi) is 3.69. The van der Waals surface area contributed by atoms with Gasteiger partial charge in [0, 0.05) is 0 Å². The quantitative estimate of drug-likeness (QED) is 0.485. The van der Waals surface area contributed by atoms with Gasteiger partial charge in [-0.3, -0.25) is 4.79 Å². The fourth-order valence-electron chi connectivity index (χ4n) is 1.99. The second-order valence-corrected chi connectivity index (χ2v) is 5.69. The molecule has 0 aromatic rings. The van der Waals surface area contributed by atoms with Gasteiger partial charge in [-0.2, -0.15) is 17.6 Å². The van der Waals surface area contributed by atoms with Crippen molar-refractivity contribution in [1.29, 1.82) is 0 Å². The van der Waals surface area contributed by atoms with Gasteiger partial charge in [-0.15, -0.1) is 0 Å². The Hall–Kier alpha value is -0.490. The van der Waals surface area contributed by atoms with Crippen LogP contribution < -0.4 is 0 Å². The van der Waals surface area contributed by atoms with Gasteiger partial charge in [0.25, 0.3) is 0 Å². The van der Waals surface area contributed by atoms with E-state index < -0.39 is 39.6 Å². The highest BCUT2D eigenvalue weighted by Gasteiger charge is 2.62. The van der Waals surface area contributed by atoms with Crippen LogP contribution in [0, 0.1) is 17.3 Å². The molecule has 2 atom stereocenters. The number of alkyl halides is 6. The molecule has 0 radical (unpaired) electrons. The van der Waals surface area contributed by atoms with E-state index in [0.717, 1.165) is 0 Å². The van der Waals surface area contributed by atoms with E-state index in [0.29, 0.717) is 6.08 Å². The average molecular weight is 309 g/mol. The van der Waals surface area contributed by atoms with Crippen molar-refractivity contribution in [2.24, 2.45) is 17.3 Å². The molecule has 0 heterocycles. The number of hydrogen-bond donors (Lipinski definition) is 1. The zero-order valence-electron chi connectivity index (χ0n) is 9.36. The lowest BCUT2D eigenvalue weighted by Gasteiger charge is -2.17. The Balaban J connectivity index is 3.11. The van der Waals surface area contributed by atoms with Crippen molar-refractivity contribution >= 4 is 29.2 Å². The highest BCUT2D eigenvalue weighted by molar-refractivity contribution is 6.28. The maximum Gasteiger partial charge on any atom is 0.351 e. The number of carbonyl (C=O) groups is 1. The van der Waals surface area contributed by atoms with Gasteiger partial charge in [-0.05, 0) is 34.5 Å². The van der Waals surface area contributed by atoms with Gasteiger partial charge in [-0.1, -0.05) is 19.9 Å². The predicted octanol–water partition coefficient (Wildman–Crippen LogP) is 3.93. The van der Waals surface area contributed by atoms with Crippen LogP contribution >= 0.6 is 23.2 Å². The summed E-state index contributed by atoms with van der Waals surface area (Å²) in [5.41, 5.74) is -2.67. The second-order valence-electron chi connectivity index (χ2n) is 4.74. The summed E-state index contributed by atoms with van der Waals surface area (Å²) >= 11 is 9.13. The van der Waals surface area contributed by atoms with Gasteiger partial charge in [0.2, 0.25) is 0 Å². The first-order chi connectivity index (χ1) is 7.79. The summed E-state index contributed by atoms with van der Waals surface area (Å²) in [6, 6.07) is 0. The van der Waals surface area contributed by atoms with Crippen molar-refractivity contribution < 1.29 is 27.5 Å². The third-order valence-corrected chi connectivity index (χ3v) is 3.54. The average Bonchev–Trinajstić information content (AvgIpc) is 2.59. The molecular formula is C10H10Cl2F4O2. The molecule has 1 saturated carbocycles. The van der Waals surface area contributed by atoms with Gasteiger partial charge in [0.15, 0.2) is 0 Å². The van der Waals surface area contributed by atoms with Gasteiger partial charge >= 0.3 is 16.7 Å². The molecule has 8 heteroatoms. The van der Waals surface area contributed by atoms with E-state index in [4.69, 9.17) is 5.11 Å². The SMILES string of the molecule is CC1(C)[C@H](C=C(C(F)(F)Cl)C(F)(F)Cl)[C@H]1C(=O)O. The highest BCUT2D eigenvalue weighted by Crippen LogP contribution is 2.60. The molecule has 18 heavy (non-hydrogen) atoms. The van der Waals surface area contributed by atoms with Crippen LogP contribution in [0.2, 0.25) is 0 Å². The summed E-state index contributed by atoms with van der Waals surface area (Å²) in [5, 5.41) is 0.155. The minimum atomic E-state index is -4.33. The molecule has 0 aliphatic heterocycles. The number of rotatable bonds is 4. The topological polar surface area (TPSA) is 37.3 Å². The lowest BCUT2D eigenvalue weighted by atomic mass is 10.1. The zero-order valence-corrected chi connectivity index (χ0v) is 10.9. The fourth-order valence-corrected chi connectivity index (χ4v) is 2.40. The van der Waals surface area contributed by atoms with Crippen LogP contribution in [0.25, 0.3) is 0 Å². The molecule has 104 valence electrons. The normalized spacial score (nSPS) is 26.7. The van der Waals surface area contributed by atoms with E-state index in [1.807, 2.05) is 0 Å². The molecule has 0 aromatic heterocycles. The second kappa shape index (κ2) is 4.27. The van der Waals surface area contributed by atoms with Crippen LogP contribution in [0.1, 0.15) is 13.8 Å². The predicted molar refractivity (Wildman–Crippen MR) is 58.1 cm³/mol. The molecule has 0 amide bonds. The molecule has 0 unspecified atom stereocenters. The Morgan fingerprint density at radius 2 is 1.61 bits per heavy atom. The molecule has 2 nitrogen and oxygen atoms in total. The number of carboxylic acid groups (broad SMARTS) is 1. The molecule has 0 spiro atoms. The van der Waals surface area contributed by atoms with E-state index in [2.05, 4.69) is 23.2 Å². The molecule has 1 fully saturated rings. The van der Waals surface area contributed by atoms with E-state index in [-0.39, 0.29) is 0 Å². The molecule has 0 bridgehead atoms. The molecule has 0 saturated heterocycles. The Bertz CT molecular complexity index is 380. The fraction of sp³-hybridized carbons (Fsp3) is 0.700. The lowest BCUT2D eigenvalue weighted by Crippen LogP contribution is -2.24. The van der Waals surface area contributed by atoms with Crippen molar-refractivity contribution in [2.75, 3.05) is 0 Å². The zero-order chi connectivity index (χ0) is 14.5. The number of allylic oxidation sites excluding steroid dienone is 2. The number of halogens is 6. The number of carboxylic acids is 1. The van der Waals surface area contributed by atoms with E-state index >= 15 is 0 Å². The van der Waals surface area contributed by atoms with Crippen LogP contribution in [0.15, 0.2) is 11.6 Å². The van der Waals surface area contributed by atoms with Crippen molar-refractivity contribution in [3.8, 4) is 0 Å². The molecule has 1 aliphatic rings. The largest absolute Gasteiger partial charge is 0.481 e. The summed E-state index contributed by atoms with van der Waals surface area (Å²) in [6.45, 7) is 2.95. The Labute approximate surface area is 111 Å². The van der Waals surface area contributed by atoms with Crippen LogP contribution in [0.3, 0.4) is 0 Å². The minimum Gasteiger partial charge on any atom is -0.481 e. The number of hydrogen-bond acceptors (Lipinski definition) is 1. The monoisotopic (exact) mass is 308 g/mol. The molecule has 1 rings (SSSR count). The smallest absolute Gasteiger partial charge is 0.351 e. The van der Waals surface area contributed by atoms with Gasteiger partial charge in [0.1, 0.15) is 0 Å². The van der Waals surface area contributed by atoms with Crippen molar-refractivity contribution in [1.82, 2.24) is 0 Å². The summed E-state index contributed by atoms with van der Waals surface area (Å²) in [5.74, 6) is -3.21. The molecular weight excluding hydrogens is 299 g/mol. The van der Waals surface area contributed by atoms with Gasteiger partial charge in [-0.25, -0.2) is 0 Å². The Morgan fingerprint density at radius 1 is 1.22 bits per heavy atom. The van der Waals surface area contributed by atoms with E-state index in [9.17, 15) is 22.4 Å². The maximum atomic E-state index is 12.8. The summed E-state index contributed by atoms with van der Waals surface area (Å²) < 4.78 is 51.3. The van der Waals surface area contributed by atoms with Gasteiger partial charge < -0.3 is 5.11 Å². The Morgan fingerprint density at radius 3 is 1.83 bits per heavy atom. The first-order valence-electron chi connectivity index (χ1n) is 4.88. The maximum absolute atomic E-state index is 12.8. The van der Waals surface area contributed by atoms with E-state index in [1.165, 1.54) is 13.8 Å². The first-order valence-corrected chi connectivity index (χ1v) is 5.64. The lowest BCUT2D eigenvalue weighted by molar-refractivity contribution is -0.139. The third kappa shape index (κ3) is 2.91. The summed E-state index contributed by atoms with van der Waals surface area (Å²) in [7, 11) is 0. The van der Waals surface area contributed by atoms with Crippen molar-refractivity contribution in [3.63, 3.8) is 0 Å². The van der Waals surface area contributed by atoms with E-state index in [1.54, 1.807) is 0 Å². The molecule has 0 aromatic carbocycles. The van der Waals surface area contributed by atoms with Crippen molar-refractivity contribution in [2.45, 2.75) is 24.6 Å². The standard InChI is InChI=1S/C10H10Cl2F4O2/c1-8(2)4(6(8)7(17)18)3-5(9(11,13)14)10(12,15)16/h3-4,6H,1-2H3,(H,17,18)/t4-,6+/m1/s1. The highest BCUT2D eigenvalue weighted by atomic mass is 35.5.